The monoisotopic (exact) mass is 486 g/mol. The van der Waals surface area contributed by atoms with E-state index in [0.717, 1.165) is 0 Å². The molecule has 0 radical (unpaired) electrons. The highest BCUT2D eigenvalue weighted by molar-refractivity contribution is 6.42. The van der Waals surface area contributed by atoms with Gasteiger partial charge in [0, 0.05) is 0 Å². The number of hydrogen-bond donors (Lipinski definition) is 10. The smallest absolute Gasteiger partial charge is 0.238 e. The van der Waals surface area contributed by atoms with Crippen LogP contribution < -0.4 is 0 Å². The molecule has 3 fully saturated rings. The van der Waals surface area contributed by atoms with Gasteiger partial charge in [-0.1, -0.05) is 0 Å². The highest BCUT2D eigenvalue weighted by Crippen LogP contribution is 2.36. The van der Waals surface area contributed by atoms with Crippen molar-refractivity contribution in [3.8, 4) is 0 Å². The molecular weight excluding hydrogens is 455 g/mol. The summed E-state index contributed by atoms with van der Waals surface area (Å²) in [5.74, 6) is -2.22. The molecule has 0 bridgehead atoms. The Morgan fingerprint density at radius 2 is 1.36 bits per heavy atom. The largest absolute Gasteiger partial charge is 0.399 e. The lowest BCUT2D eigenvalue weighted by Gasteiger charge is -2.43. The maximum absolute atomic E-state index is 10.3. The summed E-state index contributed by atoms with van der Waals surface area (Å²) in [7, 11) is -0.378. The Kier molecular flexibility index (Phi) is 8.70. The lowest BCUT2D eigenvalue weighted by Crippen LogP contribution is -2.62. The number of aliphatic hydroxyl groups is 10. The van der Waals surface area contributed by atoms with Gasteiger partial charge in [-0.05, 0) is 0 Å². The quantitative estimate of drug-likeness (QED) is 0.136. The third kappa shape index (κ3) is 5.06. The molecule has 192 valence electrons. The molecule has 12 atom stereocenters. The van der Waals surface area contributed by atoms with Crippen LogP contribution in [0.25, 0.3) is 0 Å². The normalized spacial score (nSPS) is 50.5. The number of ether oxygens (including phenoxy) is 5. The van der Waals surface area contributed by atoms with E-state index < -0.39 is 106 Å². The van der Waals surface area contributed by atoms with Gasteiger partial charge in [0.2, 0.25) is 13.1 Å². The van der Waals surface area contributed by atoms with Crippen molar-refractivity contribution in [1.29, 1.82) is 0 Å². The van der Waals surface area contributed by atoms with Crippen molar-refractivity contribution in [1.82, 2.24) is 0 Å². The summed E-state index contributed by atoms with van der Waals surface area (Å²) in [6, 6.07) is -1.29. The first kappa shape index (κ1) is 27.1. The first-order valence-corrected chi connectivity index (χ1v) is 10.4. The topological polar surface area (TPSA) is 248 Å². The maximum Gasteiger partial charge on any atom is 0.238 e. The zero-order valence-electron chi connectivity index (χ0n) is 17.5. The van der Waals surface area contributed by atoms with Gasteiger partial charge in [-0.2, -0.15) is 0 Å². The molecule has 3 aliphatic heterocycles. The Morgan fingerprint density at radius 1 is 0.727 bits per heavy atom. The van der Waals surface area contributed by atoms with Crippen molar-refractivity contribution in [2.45, 2.75) is 72.6 Å². The minimum atomic E-state index is -2.22. The van der Waals surface area contributed by atoms with E-state index in [9.17, 15) is 51.1 Å². The van der Waals surface area contributed by atoms with E-state index in [2.05, 4.69) is 0 Å². The van der Waals surface area contributed by atoms with Crippen LogP contribution in [-0.4, -0.2) is 164 Å². The van der Waals surface area contributed by atoms with Crippen molar-refractivity contribution in [3.05, 3.63) is 0 Å². The molecule has 0 aromatic rings. The van der Waals surface area contributed by atoms with Gasteiger partial charge in [-0.15, -0.1) is 0 Å². The van der Waals surface area contributed by atoms with Gasteiger partial charge in [-0.25, -0.2) is 0 Å². The van der Waals surface area contributed by atoms with Crippen LogP contribution in [0.2, 0.25) is 0 Å². The summed E-state index contributed by atoms with van der Waals surface area (Å²) < 4.78 is 27.4. The summed E-state index contributed by atoms with van der Waals surface area (Å²) in [6.45, 7) is -3.76. The molecule has 33 heavy (non-hydrogen) atoms. The number of aliphatic hydroxyl groups excluding tert-OH is 10. The molecule has 0 aromatic heterocycles. The second-order valence-corrected chi connectivity index (χ2v) is 8.37. The van der Waals surface area contributed by atoms with Gasteiger partial charge in [-0.3, -0.25) is 0 Å². The Bertz CT molecular complexity index is 644. The van der Waals surface area contributed by atoms with Gasteiger partial charge < -0.3 is 74.7 Å². The number of hydrogen-bond acceptors (Lipinski definition) is 15. The fourth-order valence-electron chi connectivity index (χ4n) is 4.12. The summed E-state index contributed by atoms with van der Waals surface area (Å²) in [5, 5.41) is 98.7. The lowest BCUT2D eigenvalue weighted by atomic mass is 9.64. The van der Waals surface area contributed by atoms with E-state index in [1.54, 1.807) is 0 Å². The van der Waals surface area contributed by atoms with Crippen LogP contribution in [0.5, 0.6) is 0 Å². The average Bonchev–Trinajstić information content (AvgIpc) is 3.26. The molecule has 3 rings (SSSR count). The first-order chi connectivity index (χ1) is 15.6. The van der Waals surface area contributed by atoms with E-state index in [1.807, 2.05) is 0 Å². The van der Waals surface area contributed by atoms with E-state index in [1.165, 1.54) is 0 Å². The van der Waals surface area contributed by atoms with Crippen molar-refractivity contribution in [2.75, 3.05) is 33.0 Å². The van der Waals surface area contributed by atoms with Gasteiger partial charge >= 0.3 is 0 Å². The van der Waals surface area contributed by atoms with Gasteiger partial charge in [0.1, 0.15) is 55.4 Å². The summed E-state index contributed by atoms with van der Waals surface area (Å²) >= 11 is 0. The van der Waals surface area contributed by atoms with Crippen molar-refractivity contribution >= 4 is 7.28 Å². The highest BCUT2D eigenvalue weighted by Gasteiger charge is 2.59. The Hall–Kier alpha value is -0.535. The minimum Gasteiger partial charge on any atom is -0.399 e. The molecule has 10 N–H and O–H groups in total. The molecule has 0 amide bonds. The van der Waals surface area contributed by atoms with Gasteiger partial charge in [0.15, 0.2) is 12.0 Å². The molecule has 0 saturated carbocycles. The van der Waals surface area contributed by atoms with Crippen LogP contribution in [0.4, 0.5) is 0 Å². The Balaban J connectivity index is 1.82. The van der Waals surface area contributed by atoms with E-state index in [4.69, 9.17) is 23.7 Å². The lowest BCUT2D eigenvalue weighted by molar-refractivity contribution is -0.371. The molecule has 9 unspecified atom stereocenters. The van der Waals surface area contributed by atoms with Crippen molar-refractivity contribution in [2.24, 2.45) is 0 Å². The standard InChI is InChI=1S/C17H31BO15/c19-1-6-9(23)11(25)12(26)15(30-6)33-17(18-14(28)8(3-21)32-17)5-29-16(4-22)13(27)10(24)7(2-20)31-16/h6-15,18-28H,1-5H2/t6?,7?,8?,9?,10?,11?,12?,13?,14-,15?,16+,17-/m0/s1. The van der Waals surface area contributed by atoms with Crippen LogP contribution in [0.3, 0.4) is 0 Å². The van der Waals surface area contributed by atoms with Gasteiger partial charge in [0.05, 0.1) is 32.4 Å². The van der Waals surface area contributed by atoms with E-state index >= 15 is 0 Å². The highest BCUT2D eigenvalue weighted by atomic mass is 16.8. The van der Waals surface area contributed by atoms with Crippen LogP contribution in [0, 0.1) is 0 Å². The molecule has 16 heteroatoms. The van der Waals surface area contributed by atoms with E-state index in [-0.39, 0.29) is 7.28 Å². The molecule has 3 heterocycles. The fourth-order valence-corrected chi connectivity index (χ4v) is 4.12. The third-order valence-corrected chi connectivity index (χ3v) is 6.12. The summed E-state index contributed by atoms with van der Waals surface area (Å²) in [4.78, 5) is 0. The second-order valence-electron chi connectivity index (χ2n) is 8.37. The number of rotatable bonds is 9. The van der Waals surface area contributed by atoms with Crippen molar-refractivity contribution < 1.29 is 74.7 Å². The predicted octanol–water partition coefficient (Wildman–Crippen LogP) is -7.58. The summed E-state index contributed by atoms with van der Waals surface area (Å²) in [5.41, 5.74) is -2.01. The Morgan fingerprint density at radius 3 is 1.88 bits per heavy atom. The average molecular weight is 486 g/mol. The minimum absolute atomic E-state index is 0.378. The van der Waals surface area contributed by atoms with Crippen molar-refractivity contribution in [3.63, 3.8) is 0 Å². The Labute approximate surface area is 188 Å². The van der Waals surface area contributed by atoms with Gasteiger partial charge in [0.25, 0.3) is 0 Å². The fraction of sp³-hybridized carbons (Fsp3) is 1.00. The molecule has 15 nitrogen and oxygen atoms in total. The molecule has 3 saturated heterocycles. The molecular formula is C17H31BO15. The maximum atomic E-state index is 10.3. The first-order valence-electron chi connectivity index (χ1n) is 10.4. The van der Waals surface area contributed by atoms with E-state index in [0.29, 0.717) is 0 Å². The molecule has 3 aliphatic rings. The van der Waals surface area contributed by atoms with Crippen LogP contribution in [0.15, 0.2) is 0 Å². The molecule has 0 aromatic carbocycles. The molecule has 0 aliphatic carbocycles. The second kappa shape index (κ2) is 10.6. The predicted molar refractivity (Wildman–Crippen MR) is 102 cm³/mol. The van der Waals surface area contributed by atoms with Crippen LogP contribution in [-0.2, 0) is 23.7 Å². The zero-order chi connectivity index (χ0) is 24.6. The summed E-state index contributed by atoms with van der Waals surface area (Å²) in [6.07, 6.45) is -14.1. The third-order valence-electron chi connectivity index (χ3n) is 6.12. The zero-order valence-corrected chi connectivity index (χ0v) is 17.5. The molecule has 0 spiro atoms. The SMILES string of the molecule is OCC1OC(O[C@@]2(CO[C@]3(CO)OC(CO)C(O)C3O)B[C@@H](O)C(CO)O2)C(O)C(O)C1O. The van der Waals surface area contributed by atoms with Crippen LogP contribution in [0.1, 0.15) is 0 Å². The van der Waals surface area contributed by atoms with Crippen LogP contribution >= 0.6 is 0 Å².